The van der Waals surface area contributed by atoms with Crippen molar-refractivity contribution in [2.24, 2.45) is 4.99 Å². The molecule has 2 heterocycles. The number of furan rings is 1. The topological polar surface area (TPSA) is 71.3 Å². The number of rotatable bonds is 11. The highest BCUT2D eigenvalue weighted by Crippen LogP contribution is 2.18. The lowest BCUT2D eigenvalue weighted by molar-refractivity contribution is 0.0168. The number of guanidine groups is 1. The van der Waals surface area contributed by atoms with Gasteiger partial charge in [-0.15, -0.1) is 24.0 Å². The fourth-order valence-corrected chi connectivity index (χ4v) is 2.88. The minimum Gasteiger partial charge on any atom is -0.468 e. The summed E-state index contributed by atoms with van der Waals surface area (Å²) in [5.74, 6) is 1.75. The van der Waals surface area contributed by atoms with Gasteiger partial charge in [0.25, 0.3) is 0 Å². The van der Waals surface area contributed by atoms with Crippen molar-refractivity contribution in [2.45, 2.75) is 38.3 Å². The van der Waals surface area contributed by atoms with E-state index in [9.17, 15) is 0 Å². The first-order chi connectivity index (χ1) is 12.7. The first kappa shape index (κ1) is 24.2. The van der Waals surface area contributed by atoms with E-state index in [4.69, 9.17) is 18.9 Å². The molecule has 0 aliphatic carbocycles. The first-order valence-electron chi connectivity index (χ1n) is 9.62. The molecule has 0 aromatic carbocycles. The van der Waals surface area contributed by atoms with Crippen LogP contribution in [0.4, 0.5) is 0 Å². The van der Waals surface area contributed by atoms with E-state index in [1.165, 1.54) is 0 Å². The number of hydrogen-bond donors (Lipinski definition) is 2. The van der Waals surface area contributed by atoms with E-state index in [2.05, 4.69) is 22.5 Å². The van der Waals surface area contributed by atoms with Crippen LogP contribution in [0.25, 0.3) is 0 Å². The highest BCUT2D eigenvalue weighted by atomic mass is 127. The predicted molar refractivity (Wildman–Crippen MR) is 119 cm³/mol. The van der Waals surface area contributed by atoms with Crippen LogP contribution >= 0.6 is 24.0 Å². The van der Waals surface area contributed by atoms with Crippen LogP contribution in [0.5, 0.6) is 0 Å². The summed E-state index contributed by atoms with van der Waals surface area (Å²) in [6.07, 6.45) is 5.22. The van der Waals surface area contributed by atoms with Crippen molar-refractivity contribution >= 4 is 29.9 Å². The van der Waals surface area contributed by atoms with Gasteiger partial charge in [-0.25, -0.2) is 0 Å². The monoisotopic (exact) mass is 494 g/mol. The predicted octanol–water partition coefficient (Wildman–Crippen LogP) is 2.64. The maximum absolute atomic E-state index is 5.69. The number of nitrogens with one attached hydrogen (secondary N) is 2. The van der Waals surface area contributed by atoms with Gasteiger partial charge in [0.15, 0.2) is 5.96 Å². The number of nitrogens with zero attached hydrogens (tertiary/aromatic N) is 2. The van der Waals surface area contributed by atoms with Crippen LogP contribution in [0, 0.1) is 0 Å². The zero-order chi connectivity index (χ0) is 18.6. The van der Waals surface area contributed by atoms with Gasteiger partial charge in [0, 0.05) is 26.3 Å². The Balaban J connectivity index is 0.00000364. The Labute approximate surface area is 180 Å². The SMILES string of the molecule is CCNC(=NCC(c1ccco1)N(C)C)NCCCOCC1CCCO1.I. The minimum absolute atomic E-state index is 0. The molecular weight excluding hydrogens is 459 g/mol. The van der Waals surface area contributed by atoms with Crippen molar-refractivity contribution in [1.82, 2.24) is 15.5 Å². The molecule has 0 amide bonds. The first-order valence-corrected chi connectivity index (χ1v) is 9.62. The molecule has 1 aliphatic rings. The van der Waals surface area contributed by atoms with Crippen LogP contribution in [-0.2, 0) is 9.47 Å². The van der Waals surface area contributed by atoms with E-state index < -0.39 is 0 Å². The third-order valence-corrected chi connectivity index (χ3v) is 4.35. The summed E-state index contributed by atoms with van der Waals surface area (Å²) in [6, 6.07) is 4.02. The van der Waals surface area contributed by atoms with E-state index in [0.29, 0.717) is 19.3 Å². The molecule has 1 aromatic rings. The molecule has 1 aromatic heterocycles. The van der Waals surface area contributed by atoms with Gasteiger partial charge in [-0.2, -0.15) is 0 Å². The summed E-state index contributed by atoms with van der Waals surface area (Å²) in [6.45, 7) is 6.67. The van der Waals surface area contributed by atoms with Crippen LogP contribution < -0.4 is 10.6 Å². The lowest BCUT2D eigenvalue weighted by Crippen LogP contribution is -2.38. The van der Waals surface area contributed by atoms with Gasteiger partial charge in [0.2, 0.25) is 0 Å². The van der Waals surface area contributed by atoms with Crippen molar-refractivity contribution in [3.8, 4) is 0 Å². The molecule has 1 saturated heterocycles. The molecule has 0 bridgehead atoms. The van der Waals surface area contributed by atoms with Crippen molar-refractivity contribution in [1.29, 1.82) is 0 Å². The Morgan fingerprint density at radius 3 is 2.89 bits per heavy atom. The smallest absolute Gasteiger partial charge is 0.191 e. The third-order valence-electron chi connectivity index (χ3n) is 4.35. The van der Waals surface area contributed by atoms with Gasteiger partial charge in [-0.05, 0) is 52.4 Å². The fraction of sp³-hybridized carbons (Fsp3) is 0.737. The van der Waals surface area contributed by atoms with Gasteiger partial charge in [-0.1, -0.05) is 0 Å². The normalized spacial score (nSPS) is 18.4. The van der Waals surface area contributed by atoms with Crippen molar-refractivity contribution in [2.75, 3.05) is 53.6 Å². The molecule has 2 unspecified atom stereocenters. The minimum atomic E-state index is 0. The molecule has 27 heavy (non-hydrogen) atoms. The molecule has 2 rings (SSSR count). The molecule has 1 aliphatic heterocycles. The Bertz CT molecular complexity index is 505. The van der Waals surface area contributed by atoms with Gasteiger partial charge in [-0.3, -0.25) is 9.89 Å². The van der Waals surface area contributed by atoms with Crippen molar-refractivity contribution in [3.05, 3.63) is 24.2 Å². The number of aliphatic imine (C=N–C) groups is 1. The van der Waals surface area contributed by atoms with E-state index in [0.717, 1.165) is 57.3 Å². The number of halogens is 1. The van der Waals surface area contributed by atoms with E-state index >= 15 is 0 Å². The Morgan fingerprint density at radius 1 is 1.41 bits per heavy atom. The average Bonchev–Trinajstić information content (AvgIpc) is 3.31. The van der Waals surface area contributed by atoms with Gasteiger partial charge in [0.05, 0.1) is 31.6 Å². The molecule has 2 N–H and O–H groups in total. The zero-order valence-electron chi connectivity index (χ0n) is 16.8. The van der Waals surface area contributed by atoms with Crippen LogP contribution in [0.3, 0.4) is 0 Å². The van der Waals surface area contributed by atoms with Crippen LogP contribution in [-0.4, -0.2) is 70.5 Å². The van der Waals surface area contributed by atoms with Gasteiger partial charge in [0.1, 0.15) is 5.76 Å². The van der Waals surface area contributed by atoms with Gasteiger partial charge >= 0.3 is 0 Å². The summed E-state index contributed by atoms with van der Waals surface area (Å²) in [7, 11) is 4.07. The molecule has 156 valence electrons. The second kappa shape index (κ2) is 14.2. The molecule has 0 saturated carbocycles. The number of ether oxygens (including phenoxy) is 2. The zero-order valence-corrected chi connectivity index (χ0v) is 19.1. The lowest BCUT2D eigenvalue weighted by Gasteiger charge is -2.21. The number of likely N-dealkylation sites (N-methyl/N-ethyl adjacent to an activating group) is 1. The maximum Gasteiger partial charge on any atom is 0.191 e. The Morgan fingerprint density at radius 2 is 2.26 bits per heavy atom. The van der Waals surface area contributed by atoms with Crippen molar-refractivity contribution in [3.63, 3.8) is 0 Å². The summed E-state index contributed by atoms with van der Waals surface area (Å²) >= 11 is 0. The Hall–Kier alpha value is -0.840. The summed E-state index contributed by atoms with van der Waals surface area (Å²) in [5, 5.41) is 6.65. The molecule has 7 nitrogen and oxygen atoms in total. The molecular formula is C19H35IN4O3. The second-order valence-electron chi connectivity index (χ2n) is 6.70. The molecule has 0 spiro atoms. The fourth-order valence-electron chi connectivity index (χ4n) is 2.88. The highest BCUT2D eigenvalue weighted by molar-refractivity contribution is 14.0. The summed E-state index contributed by atoms with van der Waals surface area (Å²) < 4.78 is 16.8. The van der Waals surface area contributed by atoms with E-state index in [-0.39, 0.29) is 30.0 Å². The summed E-state index contributed by atoms with van der Waals surface area (Å²) in [5.41, 5.74) is 0. The largest absolute Gasteiger partial charge is 0.468 e. The molecule has 2 atom stereocenters. The standard InChI is InChI=1S/C19H34N4O3.HI/c1-4-20-19(21-10-7-11-24-15-16-8-5-12-25-16)22-14-17(23(2)3)18-9-6-13-26-18;/h6,9,13,16-17H,4-5,7-8,10-12,14-15H2,1-3H3,(H2,20,21,22);1H. The lowest BCUT2D eigenvalue weighted by atomic mass is 10.2. The van der Waals surface area contributed by atoms with E-state index in [1.54, 1.807) is 6.26 Å². The van der Waals surface area contributed by atoms with Crippen LogP contribution in [0.2, 0.25) is 0 Å². The summed E-state index contributed by atoms with van der Waals surface area (Å²) in [4.78, 5) is 6.82. The molecule has 0 radical (unpaired) electrons. The van der Waals surface area contributed by atoms with Crippen LogP contribution in [0.1, 0.15) is 38.0 Å². The number of hydrogen-bond acceptors (Lipinski definition) is 5. The van der Waals surface area contributed by atoms with Crippen molar-refractivity contribution < 1.29 is 13.9 Å². The van der Waals surface area contributed by atoms with E-state index in [1.807, 2.05) is 26.2 Å². The third kappa shape index (κ3) is 9.27. The highest BCUT2D eigenvalue weighted by Gasteiger charge is 2.17. The van der Waals surface area contributed by atoms with Crippen LogP contribution in [0.15, 0.2) is 27.8 Å². The van der Waals surface area contributed by atoms with Gasteiger partial charge < -0.3 is 24.5 Å². The molecule has 8 heteroatoms. The Kier molecular flexibility index (Phi) is 12.7. The second-order valence-corrected chi connectivity index (χ2v) is 6.70. The maximum atomic E-state index is 5.69. The average molecular weight is 494 g/mol. The quantitative estimate of drug-likeness (QED) is 0.213. The molecule has 1 fully saturated rings.